The van der Waals surface area contributed by atoms with Crippen LogP contribution in [0.2, 0.25) is 0 Å². The Morgan fingerprint density at radius 1 is 1.70 bits per heavy atom. The molecule has 0 saturated carbocycles. The average molecular weight is 144 g/mol. The lowest BCUT2D eigenvalue weighted by Gasteiger charge is -1.98. The number of amides is 1. The van der Waals surface area contributed by atoms with Crippen molar-refractivity contribution in [3.05, 3.63) is 0 Å². The van der Waals surface area contributed by atoms with Gasteiger partial charge in [-0.3, -0.25) is 9.59 Å². The summed E-state index contributed by atoms with van der Waals surface area (Å²) in [5.41, 5.74) is 0. The summed E-state index contributed by atoms with van der Waals surface area (Å²) in [5.74, 6) is -0.301. The Kier molecular flexibility index (Phi) is 5.42. The number of ether oxygens (including phenoxy) is 1. The molecular weight excluding hydrogens is 134 g/mol. The minimum atomic E-state index is -0.301. The van der Waals surface area contributed by atoms with Crippen LogP contribution in [0.5, 0.6) is 0 Å². The first-order chi connectivity index (χ1) is 4.81. The Bertz CT molecular complexity index is 114. The van der Waals surface area contributed by atoms with Crippen LogP contribution in [0.4, 0.5) is 0 Å². The first kappa shape index (κ1) is 8.94. The predicted octanol–water partition coefficient (Wildman–Crippen LogP) is -0.404. The van der Waals surface area contributed by atoms with Crippen molar-refractivity contribution < 1.29 is 14.3 Å². The van der Waals surface area contributed by atoms with Crippen LogP contribution in [0.15, 0.2) is 0 Å². The SMILES string of the molecule is CCOC(=O)CCN[C]=O. The van der Waals surface area contributed by atoms with Crippen molar-refractivity contribution in [2.75, 3.05) is 13.2 Å². The molecule has 0 heterocycles. The second kappa shape index (κ2) is 6.07. The summed E-state index contributed by atoms with van der Waals surface area (Å²) in [6, 6.07) is 0. The highest BCUT2D eigenvalue weighted by atomic mass is 16.5. The van der Waals surface area contributed by atoms with Crippen molar-refractivity contribution in [3.63, 3.8) is 0 Å². The molecule has 0 atom stereocenters. The fourth-order valence-corrected chi connectivity index (χ4v) is 0.449. The zero-order chi connectivity index (χ0) is 7.82. The maximum atomic E-state index is 10.5. The van der Waals surface area contributed by atoms with E-state index in [0.29, 0.717) is 13.2 Å². The molecule has 0 aromatic carbocycles. The molecule has 0 aliphatic rings. The molecule has 0 bridgehead atoms. The summed E-state index contributed by atoms with van der Waals surface area (Å²) in [6.45, 7) is 2.41. The van der Waals surface area contributed by atoms with Gasteiger partial charge in [0, 0.05) is 6.54 Å². The van der Waals surface area contributed by atoms with Crippen LogP contribution in [0, 0.1) is 0 Å². The largest absolute Gasteiger partial charge is 0.466 e. The molecule has 1 N–H and O–H groups in total. The Balaban J connectivity index is 3.13. The van der Waals surface area contributed by atoms with E-state index in [1.54, 1.807) is 6.92 Å². The van der Waals surface area contributed by atoms with E-state index in [0.717, 1.165) is 0 Å². The highest BCUT2D eigenvalue weighted by molar-refractivity contribution is 5.69. The van der Waals surface area contributed by atoms with Gasteiger partial charge in [0.2, 0.25) is 0 Å². The smallest absolute Gasteiger partial charge is 0.309 e. The molecule has 0 aromatic rings. The van der Waals surface area contributed by atoms with Crippen LogP contribution in [0.1, 0.15) is 13.3 Å². The lowest BCUT2D eigenvalue weighted by atomic mass is 10.4. The van der Waals surface area contributed by atoms with Gasteiger partial charge in [0.1, 0.15) is 0 Å². The standard InChI is InChI=1S/C6H10NO3/c1-2-10-6(9)3-4-7-5-8/h2-4H2,1H3,(H,7,8). The number of rotatable bonds is 5. The van der Waals surface area contributed by atoms with E-state index < -0.39 is 0 Å². The molecule has 0 unspecified atom stereocenters. The van der Waals surface area contributed by atoms with Gasteiger partial charge in [0.05, 0.1) is 13.0 Å². The highest BCUT2D eigenvalue weighted by Crippen LogP contribution is 1.82. The number of carbonyl (C=O) groups is 1. The molecule has 57 valence electrons. The molecule has 0 saturated heterocycles. The number of hydrogen-bond donors (Lipinski definition) is 1. The predicted molar refractivity (Wildman–Crippen MR) is 34.9 cm³/mol. The van der Waals surface area contributed by atoms with Gasteiger partial charge in [-0.2, -0.15) is 0 Å². The lowest BCUT2D eigenvalue weighted by Crippen LogP contribution is -2.17. The van der Waals surface area contributed by atoms with Crippen LogP contribution in [-0.2, 0) is 14.3 Å². The third-order valence-corrected chi connectivity index (χ3v) is 0.832. The van der Waals surface area contributed by atoms with E-state index in [9.17, 15) is 9.59 Å². The maximum absolute atomic E-state index is 10.5. The molecule has 1 radical (unpaired) electrons. The van der Waals surface area contributed by atoms with Crippen LogP contribution in [0.25, 0.3) is 0 Å². The van der Waals surface area contributed by atoms with Crippen LogP contribution >= 0.6 is 0 Å². The van der Waals surface area contributed by atoms with Gasteiger partial charge in [-0.15, -0.1) is 0 Å². The summed E-state index contributed by atoms with van der Waals surface area (Å²) >= 11 is 0. The van der Waals surface area contributed by atoms with Gasteiger partial charge in [0.25, 0.3) is 0 Å². The zero-order valence-electron chi connectivity index (χ0n) is 5.85. The lowest BCUT2D eigenvalue weighted by molar-refractivity contribution is -0.142. The van der Waals surface area contributed by atoms with E-state index in [2.05, 4.69) is 10.1 Å². The van der Waals surface area contributed by atoms with Crippen LogP contribution < -0.4 is 5.32 Å². The number of nitrogens with one attached hydrogen (secondary N) is 1. The van der Waals surface area contributed by atoms with Gasteiger partial charge in [-0.25, -0.2) is 0 Å². The second-order valence-corrected chi connectivity index (χ2v) is 1.58. The monoisotopic (exact) mass is 144 g/mol. The van der Waals surface area contributed by atoms with E-state index in [1.807, 2.05) is 0 Å². The molecule has 4 nitrogen and oxygen atoms in total. The van der Waals surface area contributed by atoms with Crippen molar-refractivity contribution in [1.82, 2.24) is 5.32 Å². The second-order valence-electron chi connectivity index (χ2n) is 1.58. The number of hydrogen-bond acceptors (Lipinski definition) is 3. The van der Waals surface area contributed by atoms with Crippen molar-refractivity contribution >= 4 is 12.4 Å². The number of esters is 1. The minimum Gasteiger partial charge on any atom is -0.466 e. The van der Waals surface area contributed by atoms with Crippen molar-refractivity contribution in [1.29, 1.82) is 0 Å². The average Bonchev–Trinajstić information content (AvgIpc) is 1.89. The summed E-state index contributed by atoms with van der Waals surface area (Å²) < 4.78 is 4.58. The van der Waals surface area contributed by atoms with Gasteiger partial charge < -0.3 is 10.1 Å². The summed E-state index contributed by atoms with van der Waals surface area (Å²) in [6.07, 6.45) is 1.67. The van der Waals surface area contributed by atoms with Crippen molar-refractivity contribution in [3.8, 4) is 0 Å². The quantitative estimate of drug-likeness (QED) is 0.324. The molecule has 10 heavy (non-hydrogen) atoms. The normalized spacial score (nSPS) is 8.50. The first-order valence-electron chi connectivity index (χ1n) is 3.07. The number of carbonyl (C=O) groups excluding carboxylic acids is 2. The molecule has 0 spiro atoms. The topological polar surface area (TPSA) is 55.4 Å². The molecule has 0 aliphatic heterocycles. The minimum absolute atomic E-state index is 0.211. The first-order valence-corrected chi connectivity index (χ1v) is 3.07. The fourth-order valence-electron chi connectivity index (χ4n) is 0.449. The summed E-state index contributed by atoms with van der Waals surface area (Å²) in [7, 11) is 0. The third-order valence-electron chi connectivity index (χ3n) is 0.832. The van der Waals surface area contributed by atoms with Crippen LogP contribution in [0.3, 0.4) is 0 Å². The molecule has 0 rings (SSSR count). The Labute approximate surface area is 59.6 Å². The van der Waals surface area contributed by atoms with E-state index in [4.69, 9.17) is 0 Å². The Morgan fingerprint density at radius 2 is 2.40 bits per heavy atom. The van der Waals surface area contributed by atoms with Gasteiger partial charge in [0.15, 0.2) is 0 Å². The van der Waals surface area contributed by atoms with Crippen LogP contribution in [-0.4, -0.2) is 25.5 Å². The molecule has 0 aliphatic carbocycles. The van der Waals surface area contributed by atoms with E-state index >= 15 is 0 Å². The van der Waals surface area contributed by atoms with E-state index in [1.165, 1.54) is 6.41 Å². The highest BCUT2D eigenvalue weighted by Gasteiger charge is 1.98. The molecule has 0 fully saturated rings. The third kappa shape index (κ3) is 5.08. The molecule has 0 aromatic heterocycles. The molecule has 1 amide bonds. The molecule has 4 heteroatoms. The summed E-state index contributed by atoms with van der Waals surface area (Å²) in [5, 5.41) is 2.23. The van der Waals surface area contributed by atoms with Gasteiger partial charge in [-0.05, 0) is 6.92 Å². The zero-order valence-corrected chi connectivity index (χ0v) is 5.85. The molecular formula is C6H10NO3. The maximum Gasteiger partial charge on any atom is 0.309 e. The van der Waals surface area contributed by atoms with Gasteiger partial charge >= 0.3 is 12.4 Å². The Morgan fingerprint density at radius 3 is 2.90 bits per heavy atom. The van der Waals surface area contributed by atoms with Crippen molar-refractivity contribution in [2.45, 2.75) is 13.3 Å². The van der Waals surface area contributed by atoms with Gasteiger partial charge in [-0.1, -0.05) is 0 Å². The van der Waals surface area contributed by atoms with E-state index in [-0.39, 0.29) is 12.4 Å². The fraction of sp³-hybridized carbons (Fsp3) is 0.667. The van der Waals surface area contributed by atoms with Crippen molar-refractivity contribution in [2.24, 2.45) is 0 Å². The Hall–Kier alpha value is -1.06. The summed E-state index contributed by atoms with van der Waals surface area (Å²) in [4.78, 5) is 20.1.